The molecule has 154 valence electrons. The van der Waals surface area contributed by atoms with Gasteiger partial charge in [0.05, 0.1) is 22.8 Å². The van der Waals surface area contributed by atoms with Gasteiger partial charge in [0, 0.05) is 0 Å². The normalized spacial score (nSPS) is 12.2. The Bertz CT molecular complexity index is 1320. The summed E-state index contributed by atoms with van der Waals surface area (Å²) < 4.78 is 0. The fourth-order valence-electron chi connectivity index (χ4n) is 2.75. The van der Waals surface area contributed by atoms with E-state index < -0.39 is 34.3 Å². The number of aromatic nitrogens is 4. The third-order valence-electron chi connectivity index (χ3n) is 3.99. The monoisotopic (exact) mass is 412 g/mol. The summed E-state index contributed by atoms with van der Waals surface area (Å²) in [4.78, 5) is 62.9. The van der Waals surface area contributed by atoms with Crippen molar-refractivity contribution in [2.45, 2.75) is 13.8 Å². The van der Waals surface area contributed by atoms with Crippen LogP contribution in [0.25, 0.3) is 0 Å². The van der Waals surface area contributed by atoms with Gasteiger partial charge in [-0.15, -0.1) is 0 Å². The van der Waals surface area contributed by atoms with E-state index in [0.717, 1.165) is 0 Å². The van der Waals surface area contributed by atoms with E-state index in [1.165, 1.54) is 19.9 Å². The summed E-state index contributed by atoms with van der Waals surface area (Å²) in [5.41, 5.74) is -2.66. The Morgan fingerprint density at radius 1 is 0.733 bits per heavy atom. The first-order valence-electron chi connectivity index (χ1n) is 8.48. The van der Waals surface area contributed by atoms with Gasteiger partial charge in [-0.1, -0.05) is 6.07 Å². The summed E-state index contributed by atoms with van der Waals surface area (Å²) in [5.74, 6) is -1.22. The molecule has 0 aliphatic carbocycles. The summed E-state index contributed by atoms with van der Waals surface area (Å²) in [7, 11) is 0. The number of hydrogen-bond acceptors (Lipinski definition) is 8. The van der Waals surface area contributed by atoms with E-state index in [9.17, 15) is 29.4 Å². The third-order valence-corrected chi connectivity index (χ3v) is 3.99. The number of benzene rings is 1. The molecule has 6 N–H and O–H groups in total. The van der Waals surface area contributed by atoms with Gasteiger partial charge in [0.25, 0.3) is 11.1 Å². The highest BCUT2D eigenvalue weighted by Crippen LogP contribution is 2.23. The van der Waals surface area contributed by atoms with Crippen molar-refractivity contribution in [3.8, 4) is 11.8 Å². The van der Waals surface area contributed by atoms with Crippen LogP contribution in [0.4, 0.5) is 11.4 Å². The minimum Gasteiger partial charge on any atom is -0.494 e. The minimum atomic E-state index is -0.846. The lowest BCUT2D eigenvalue weighted by Gasteiger charge is -2.04. The van der Waals surface area contributed by atoms with Crippen molar-refractivity contribution in [1.29, 1.82) is 0 Å². The maximum Gasteiger partial charge on any atom is 0.328 e. The van der Waals surface area contributed by atoms with Crippen LogP contribution in [0.1, 0.15) is 25.0 Å². The molecule has 0 saturated carbocycles. The fraction of sp³-hybridized carbons (Fsp3) is 0.111. The third kappa shape index (κ3) is 4.16. The molecule has 2 aromatic heterocycles. The van der Waals surface area contributed by atoms with Crippen LogP contribution in [0.5, 0.6) is 11.8 Å². The van der Waals surface area contributed by atoms with Crippen LogP contribution in [0.3, 0.4) is 0 Å². The second kappa shape index (κ2) is 7.87. The first-order chi connectivity index (χ1) is 14.2. The van der Waals surface area contributed by atoms with Gasteiger partial charge >= 0.3 is 11.4 Å². The van der Waals surface area contributed by atoms with E-state index in [-0.39, 0.29) is 22.6 Å². The van der Waals surface area contributed by atoms with Crippen LogP contribution in [-0.4, -0.2) is 41.6 Å². The van der Waals surface area contributed by atoms with Crippen LogP contribution in [0, 0.1) is 0 Å². The topological polar surface area (TPSA) is 197 Å². The van der Waals surface area contributed by atoms with E-state index in [1.807, 2.05) is 9.97 Å². The molecule has 3 rings (SSSR count). The largest absolute Gasteiger partial charge is 0.494 e. The number of aromatic hydroxyl groups is 2. The molecule has 0 bridgehead atoms. The van der Waals surface area contributed by atoms with E-state index in [2.05, 4.69) is 20.0 Å². The molecule has 0 radical (unpaired) electrons. The Balaban J connectivity index is 2.02. The lowest BCUT2D eigenvalue weighted by molar-refractivity contribution is 0.446. The SMILES string of the molecule is CC(=Nc1cccc(N=C(C)c2c(O)[nH]c(=O)[nH]c2=O)c1)c1c(O)[nH]c(=O)[nH]c1=O. The predicted octanol–water partition coefficient (Wildman–Crippen LogP) is 0.132. The van der Waals surface area contributed by atoms with Gasteiger partial charge in [-0.05, 0) is 32.0 Å². The lowest BCUT2D eigenvalue weighted by atomic mass is 10.2. The van der Waals surface area contributed by atoms with E-state index >= 15 is 0 Å². The van der Waals surface area contributed by atoms with Crippen LogP contribution < -0.4 is 22.5 Å². The molecule has 2 heterocycles. The van der Waals surface area contributed by atoms with Crippen molar-refractivity contribution >= 4 is 22.8 Å². The minimum absolute atomic E-state index is 0.137. The molecule has 0 amide bonds. The Labute approximate surface area is 166 Å². The summed E-state index contributed by atoms with van der Waals surface area (Å²) in [6, 6.07) is 6.37. The molecule has 0 fully saturated rings. The van der Waals surface area contributed by atoms with Crippen molar-refractivity contribution in [2.24, 2.45) is 9.98 Å². The molecule has 0 saturated heterocycles. The number of aromatic amines is 4. The fourth-order valence-corrected chi connectivity index (χ4v) is 2.75. The standard InChI is InChI=1S/C18H16N6O6/c1-7(11-13(25)21-17(29)22-14(11)26)19-9-4-3-5-10(6-9)20-8(2)12-15(27)23-18(30)24-16(12)28/h3-6H,1-2H3,(H3,21,22,25,26,29)(H3,23,24,27,28,30). The Hall–Kier alpha value is -4.48. The van der Waals surface area contributed by atoms with Gasteiger partial charge in [-0.2, -0.15) is 0 Å². The van der Waals surface area contributed by atoms with Gasteiger partial charge < -0.3 is 10.2 Å². The second-order valence-corrected chi connectivity index (χ2v) is 6.18. The Morgan fingerprint density at radius 2 is 1.13 bits per heavy atom. The number of H-pyrrole nitrogens is 4. The van der Waals surface area contributed by atoms with Crippen molar-refractivity contribution < 1.29 is 10.2 Å². The predicted molar refractivity (Wildman–Crippen MR) is 109 cm³/mol. The number of hydrogen-bond donors (Lipinski definition) is 6. The molecule has 0 atom stereocenters. The first kappa shape index (κ1) is 20.3. The summed E-state index contributed by atoms with van der Waals surface area (Å²) in [5, 5.41) is 19.7. The van der Waals surface area contributed by atoms with Gasteiger partial charge in [-0.25, -0.2) is 9.59 Å². The van der Waals surface area contributed by atoms with E-state index in [0.29, 0.717) is 11.4 Å². The van der Waals surface area contributed by atoms with Crippen molar-refractivity contribution in [1.82, 2.24) is 19.9 Å². The molecule has 0 unspecified atom stereocenters. The average molecular weight is 412 g/mol. The number of rotatable bonds is 4. The van der Waals surface area contributed by atoms with Crippen LogP contribution in [0.2, 0.25) is 0 Å². The van der Waals surface area contributed by atoms with Crippen LogP contribution >= 0.6 is 0 Å². The average Bonchev–Trinajstić information content (AvgIpc) is 2.60. The zero-order valence-corrected chi connectivity index (χ0v) is 15.7. The maximum absolute atomic E-state index is 11.9. The molecular weight excluding hydrogens is 396 g/mol. The van der Waals surface area contributed by atoms with Crippen LogP contribution in [0.15, 0.2) is 53.4 Å². The quantitative estimate of drug-likeness (QED) is 0.329. The second-order valence-electron chi connectivity index (χ2n) is 6.18. The zero-order valence-electron chi connectivity index (χ0n) is 15.7. The van der Waals surface area contributed by atoms with Gasteiger partial charge in [0.2, 0.25) is 11.8 Å². The Kier molecular flexibility index (Phi) is 5.31. The number of nitrogens with one attached hydrogen (secondary N) is 4. The Morgan fingerprint density at radius 3 is 1.50 bits per heavy atom. The van der Waals surface area contributed by atoms with E-state index in [1.54, 1.807) is 18.2 Å². The van der Waals surface area contributed by atoms with Crippen molar-refractivity contribution in [3.63, 3.8) is 0 Å². The summed E-state index contributed by atoms with van der Waals surface area (Å²) >= 11 is 0. The highest BCUT2D eigenvalue weighted by Gasteiger charge is 2.13. The van der Waals surface area contributed by atoms with Crippen LogP contribution in [-0.2, 0) is 0 Å². The van der Waals surface area contributed by atoms with Gasteiger partial charge in [0.15, 0.2) is 0 Å². The maximum atomic E-state index is 11.9. The molecule has 0 aliphatic heterocycles. The molecular formula is C18H16N6O6. The zero-order chi connectivity index (χ0) is 22.0. The molecule has 12 heteroatoms. The summed E-state index contributed by atoms with van der Waals surface area (Å²) in [6.45, 7) is 2.95. The molecule has 3 aromatic rings. The molecule has 30 heavy (non-hydrogen) atoms. The highest BCUT2D eigenvalue weighted by atomic mass is 16.3. The smallest absolute Gasteiger partial charge is 0.328 e. The summed E-state index contributed by atoms with van der Waals surface area (Å²) in [6.07, 6.45) is 0. The highest BCUT2D eigenvalue weighted by molar-refractivity contribution is 6.02. The molecule has 1 aromatic carbocycles. The number of aliphatic imine (C=N–C) groups is 2. The molecule has 0 spiro atoms. The first-order valence-corrected chi connectivity index (χ1v) is 8.48. The lowest BCUT2D eigenvalue weighted by Crippen LogP contribution is -2.27. The van der Waals surface area contributed by atoms with Crippen molar-refractivity contribution in [3.05, 3.63) is 77.1 Å². The number of nitrogens with zero attached hydrogens (tertiary/aromatic N) is 2. The van der Waals surface area contributed by atoms with Crippen molar-refractivity contribution in [2.75, 3.05) is 0 Å². The molecule has 12 nitrogen and oxygen atoms in total. The van der Waals surface area contributed by atoms with E-state index in [4.69, 9.17) is 0 Å². The molecule has 0 aliphatic rings. The van der Waals surface area contributed by atoms with Gasteiger partial charge in [-0.3, -0.25) is 39.5 Å². The van der Waals surface area contributed by atoms with Gasteiger partial charge in [0.1, 0.15) is 11.1 Å².